The van der Waals surface area contributed by atoms with Gasteiger partial charge in [-0.15, -0.1) is 0 Å². The van der Waals surface area contributed by atoms with Crippen LogP contribution in [-0.4, -0.2) is 33.0 Å². The van der Waals surface area contributed by atoms with E-state index in [2.05, 4.69) is 0 Å². The molecule has 33 heavy (non-hydrogen) atoms. The maximum atomic E-state index is 13.5. The lowest BCUT2D eigenvalue weighted by Crippen LogP contribution is -2.31. The normalized spacial score (nSPS) is 14.0. The zero-order valence-corrected chi connectivity index (χ0v) is 18.6. The topological polar surface area (TPSA) is 62.5 Å². The third-order valence-corrected chi connectivity index (χ3v) is 6.09. The molecule has 2 aromatic carbocycles. The quantitative estimate of drug-likeness (QED) is 0.465. The Morgan fingerprint density at radius 3 is 2.48 bits per heavy atom. The fraction of sp³-hybridized carbons (Fsp3) is 0.333. The van der Waals surface area contributed by atoms with Crippen LogP contribution in [0.1, 0.15) is 30.9 Å². The molecule has 1 N–H and O–H groups in total. The van der Waals surface area contributed by atoms with Gasteiger partial charge < -0.3 is 14.6 Å². The van der Waals surface area contributed by atoms with Gasteiger partial charge in [-0.25, -0.2) is 0 Å². The number of aromatic nitrogens is 1. The number of benzene rings is 2. The minimum absolute atomic E-state index is 0.0251. The second-order valence-corrected chi connectivity index (χ2v) is 8.66. The standard InChI is InChI=1S/C24H22ClF3N2O3/c1-2-29(23(33)14-3-4-14)11-15-9-16(24(26,27)28)5-7-18(15)20-12-30(13-22(31)32)21-8-6-17(25)10-19(20)21/h5-10,12,14H,2-4,11,13H2,1H3,(H,31,32). The molecule has 174 valence electrons. The molecular formula is C24H22ClF3N2O3. The zero-order chi connectivity index (χ0) is 23.9. The van der Waals surface area contributed by atoms with Crippen LogP contribution in [0.25, 0.3) is 22.0 Å². The van der Waals surface area contributed by atoms with Crippen molar-refractivity contribution in [1.82, 2.24) is 9.47 Å². The molecule has 0 unspecified atom stereocenters. The van der Waals surface area contributed by atoms with E-state index < -0.39 is 17.7 Å². The lowest BCUT2D eigenvalue weighted by atomic mass is 9.96. The van der Waals surface area contributed by atoms with Crippen LogP contribution in [0.3, 0.4) is 0 Å². The first kappa shape index (κ1) is 23.2. The summed E-state index contributed by atoms with van der Waals surface area (Å²) in [5.74, 6) is -1.17. The van der Waals surface area contributed by atoms with Crippen molar-refractivity contribution in [3.05, 3.63) is 58.7 Å². The van der Waals surface area contributed by atoms with Crippen molar-refractivity contribution in [3.8, 4) is 11.1 Å². The predicted molar refractivity (Wildman–Crippen MR) is 119 cm³/mol. The molecule has 0 radical (unpaired) electrons. The van der Waals surface area contributed by atoms with E-state index in [1.54, 1.807) is 36.2 Å². The minimum atomic E-state index is -4.54. The first-order valence-corrected chi connectivity index (χ1v) is 11.0. The second-order valence-electron chi connectivity index (χ2n) is 8.22. The first-order chi connectivity index (χ1) is 15.6. The number of nitrogens with zero attached hydrogens (tertiary/aromatic N) is 2. The summed E-state index contributed by atoms with van der Waals surface area (Å²) in [5.41, 5.74) is 1.21. The fourth-order valence-corrected chi connectivity index (χ4v) is 4.24. The van der Waals surface area contributed by atoms with Gasteiger partial charge in [-0.05, 0) is 61.2 Å². The molecule has 1 aliphatic rings. The van der Waals surface area contributed by atoms with Crippen molar-refractivity contribution < 1.29 is 27.9 Å². The Kier molecular flexibility index (Phi) is 6.14. The summed E-state index contributed by atoms with van der Waals surface area (Å²) in [6.07, 6.45) is -1.33. The average molecular weight is 479 g/mol. The van der Waals surface area contributed by atoms with Gasteiger partial charge in [0.1, 0.15) is 6.54 Å². The van der Waals surface area contributed by atoms with Gasteiger partial charge in [0.2, 0.25) is 5.91 Å². The van der Waals surface area contributed by atoms with E-state index >= 15 is 0 Å². The molecular weight excluding hydrogens is 457 g/mol. The highest BCUT2D eigenvalue weighted by atomic mass is 35.5. The maximum Gasteiger partial charge on any atom is 0.416 e. The smallest absolute Gasteiger partial charge is 0.416 e. The molecule has 0 spiro atoms. The maximum absolute atomic E-state index is 13.5. The van der Waals surface area contributed by atoms with Crippen molar-refractivity contribution >= 4 is 34.4 Å². The molecule has 0 saturated heterocycles. The van der Waals surface area contributed by atoms with Gasteiger partial charge in [0, 0.05) is 46.7 Å². The van der Waals surface area contributed by atoms with Crippen LogP contribution < -0.4 is 0 Å². The van der Waals surface area contributed by atoms with Crippen molar-refractivity contribution in [1.29, 1.82) is 0 Å². The molecule has 5 nitrogen and oxygen atoms in total. The van der Waals surface area contributed by atoms with E-state index in [9.17, 15) is 27.9 Å². The van der Waals surface area contributed by atoms with Crippen LogP contribution in [0.2, 0.25) is 5.02 Å². The number of carboxylic acid groups (broad SMARTS) is 1. The summed E-state index contributed by atoms with van der Waals surface area (Å²) in [5, 5.41) is 10.3. The third kappa shape index (κ3) is 4.85. The number of hydrogen-bond acceptors (Lipinski definition) is 2. The number of carbonyl (C=O) groups is 2. The molecule has 0 atom stereocenters. The van der Waals surface area contributed by atoms with Gasteiger partial charge in [-0.2, -0.15) is 13.2 Å². The van der Waals surface area contributed by atoms with E-state index in [1.807, 2.05) is 0 Å². The van der Waals surface area contributed by atoms with Crippen LogP contribution >= 0.6 is 11.6 Å². The number of rotatable bonds is 7. The molecule has 1 fully saturated rings. The van der Waals surface area contributed by atoms with Crippen molar-refractivity contribution in [2.45, 2.75) is 39.0 Å². The van der Waals surface area contributed by atoms with E-state index in [-0.39, 0.29) is 24.9 Å². The van der Waals surface area contributed by atoms with Crippen LogP contribution in [-0.2, 0) is 28.9 Å². The van der Waals surface area contributed by atoms with Crippen LogP contribution in [0.15, 0.2) is 42.6 Å². The zero-order valence-electron chi connectivity index (χ0n) is 17.8. The molecule has 1 amide bonds. The van der Waals surface area contributed by atoms with E-state index in [4.69, 9.17) is 11.6 Å². The van der Waals surface area contributed by atoms with Gasteiger partial charge in [0.05, 0.1) is 5.56 Å². The number of aliphatic carboxylic acids is 1. The summed E-state index contributed by atoms with van der Waals surface area (Å²) >= 11 is 6.18. The Balaban J connectivity index is 1.88. The van der Waals surface area contributed by atoms with Gasteiger partial charge in [0.25, 0.3) is 0 Å². The highest BCUT2D eigenvalue weighted by Crippen LogP contribution is 2.39. The molecule has 1 heterocycles. The number of hydrogen-bond donors (Lipinski definition) is 1. The first-order valence-electron chi connectivity index (χ1n) is 10.6. The number of halogens is 4. The number of fused-ring (bicyclic) bond motifs is 1. The molecule has 1 aliphatic carbocycles. The van der Waals surface area contributed by atoms with Crippen molar-refractivity contribution in [2.75, 3.05) is 6.54 Å². The van der Waals surface area contributed by atoms with Crippen molar-refractivity contribution in [3.63, 3.8) is 0 Å². The van der Waals surface area contributed by atoms with Gasteiger partial charge in [-0.1, -0.05) is 17.7 Å². The highest BCUT2D eigenvalue weighted by molar-refractivity contribution is 6.31. The highest BCUT2D eigenvalue weighted by Gasteiger charge is 2.34. The molecule has 9 heteroatoms. The summed E-state index contributed by atoms with van der Waals surface area (Å²) in [6, 6.07) is 8.44. The Hall–Kier alpha value is -3.00. The lowest BCUT2D eigenvalue weighted by Gasteiger charge is -2.23. The molecule has 1 aromatic heterocycles. The van der Waals surface area contributed by atoms with E-state index in [1.165, 1.54) is 10.6 Å². The fourth-order valence-electron chi connectivity index (χ4n) is 4.06. The predicted octanol–water partition coefficient (Wildman–Crippen LogP) is 5.82. The van der Waals surface area contributed by atoms with Crippen LogP contribution in [0.5, 0.6) is 0 Å². The number of carbonyl (C=O) groups excluding carboxylic acids is 1. The Bertz CT molecular complexity index is 1230. The van der Waals surface area contributed by atoms with E-state index in [0.29, 0.717) is 39.2 Å². The Labute approximate surface area is 193 Å². The number of carboxylic acids is 1. The summed E-state index contributed by atoms with van der Waals surface area (Å²) < 4.78 is 42.0. The van der Waals surface area contributed by atoms with Crippen molar-refractivity contribution in [2.24, 2.45) is 5.92 Å². The monoisotopic (exact) mass is 478 g/mol. The largest absolute Gasteiger partial charge is 0.480 e. The lowest BCUT2D eigenvalue weighted by molar-refractivity contribution is -0.138. The SMILES string of the molecule is CCN(Cc1cc(C(F)(F)F)ccc1-c1cn(CC(=O)O)c2ccc(Cl)cc12)C(=O)C1CC1. The molecule has 0 aliphatic heterocycles. The van der Waals surface area contributed by atoms with Gasteiger partial charge in [-0.3, -0.25) is 9.59 Å². The molecule has 3 aromatic rings. The van der Waals surface area contributed by atoms with Crippen LogP contribution in [0.4, 0.5) is 13.2 Å². The number of amides is 1. The summed E-state index contributed by atoms with van der Waals surface area (Å²) in [7, 11) is 0. The molecule has 1 saturated carbocycles. The summed E-state index contributed by atoms with van der Waals surface area (Å²) in [6.45, 7) is 1.89. The van der Waals surface area contributed by atoms with Crippen LogP contribution in [0, 0.1) is 5.92 Å². The average Bonchev–Trinajstić information content (AvgIpc) is 3.54. The molecule has 0 bridgehead atoms. The second kappa shape index (κ2) is 8.74. The van der Waals surface area contributed by atoms with Gasteiger partial charge in [0.15, 0.2) is 0 Å². The Morgan fingerprint density at radius 2 is 1.88 bits per heavy atom. The third-order valence-electron chi connectivity index (χ3n) is 5.85. The molecule has 4 rings (SSSR count). The Morgan fingerprint density at radius 1 is 1.15 bits per heavy atom. The summed E-state index contributed by atoms with van der Waals surface area (Å²) in [4.78, 5) is 25.6. The number of alkyl halides is 3. The van der Waals surface area contributed by atoms with Gasteiger partial charge >= 0.3 is 12.1 Å². The minimum Gasteiger partial charge on any atom is -0.480 e. The van der Waals surface area contributed by atoms with E-state index in [0.717, 1.165) is 25.0 Å².